The summed E-state index contributed by atoms with van der Waals surface area (Å²) in [4.78, 5) is 4.48. The van der Waals surface area contributed by atoms with Crippen LogP contribution in [0.25, 0.3) is 11.0 Å². The summed E-state index contributed by atoms with van der Waals surface area (Å²) in [6, 6.07) is 7.64. The molecule has 17 heavy (non-hydrogen) atoms. The summed E-state index contributed by atoms with van der Waals surface area (Å²) in [5, 5.41) is 8.84. The number of nitrogens with zero attached hydrogens (tertiary/aromatic N) is 3. The van der Waals surface area contributed by atoms with Gasteiger partial charge in [0.25, 0.3) is 0 Å². The van der Waals surface area contributed by atoms with E-state index in [0.29, 0.717) is 12.2 Å². The van der Waals surface area contributed by atoms with Gasteiger partial charge in [0, 0.05) is 7.05 Å². The van der Waals surface area contributed by atoms with Crippen LogP contribution >= 0.6 is 0 Å². The van der Waals surface area contributed by atoms with Crippen LogP contribution in [0.5, 0.6) is 0 Å². The van der Waals surface area contributed by atoms with E-state index >= 15 is 0 Å². The molecule has 0 spiro atoms. The lowest BCUT2D eigenvalue weighted by Crippen LogP contribution is -2.06. The summed E-state index contributed by atoms with van der Waals surface area (Å²) >= 11 is 0. The Morgan fingerprint density at radius 3 is 2.88 bits per heavy atom. The van der Waals surface area contributed by atoms with Gasteiger partial charge in [-0.2, -0.15) is 5.26 Å². The Morgan fingerprint density at radius 1 is 1.47 bits per heavy atom. The molecular formula is C13H15N3O. The van der Waals surface area contributed by atoms with Crippen LogP contribution in [-0.2, 0) is 18.4 Å². The maximum absolute atomic E-state index is 8.84. The van der Waals surface area contributed by atoms with Gasteiger partial charge in [-0.05, 0) is 32.0 Å². The lowest BCUT2D eigenvalue weighted by atomic mass is 10.2. The zero-order valence-electron chi connectivity index (χ0n) is 10.3. The molecule has 0 amide bonds. The average molecular weight is 229 g/mol. The van der Waals surface area contributed by atoms with E-state index in [9.17, 15) is 0 Å². The first-order chi connectivity index (χ1) is 8.11. The van der Waals surface area contributed by atoms with Crippen molar-refractivity contribution < 1.29 is 4.74 Å². The van der Waals surface area contributed by atoms with Crippen molar-refractivity contribution in [3.63, 3.8) is 0 Å². The van der Waals surface area contributed by atoms with Gasteiger partial charge in [0.1, 0.15) is 12.4 Å². The van der Waals surface area contributed by atoms with Crippen LogP contribution < -0.4 is 0 Å². The molecule has 4 heteroatoms. The largest absolute Gasteiger partial charge is 0.371 e. The molecule has 0 radical (unpaired) electrons. The maximum Gasteiger partial charge on any atom is 0.135 e. The minimum absolute atomic E-state index is 0.185. The van der Waals surface area contributed by atoms with Crippen molar-refractivity contribution in [3.8, 4) is 6.07 Å². The molecule has 0 aliphatic heterocycles. The second kappa shape index (κ2) is 4.56. The number of fused-ring (bicyclic) bond motifs is 1. The molecule has 0 aliphatic carbocycles. The molecule has 1 aromatic heterocycles. The van der Waals surface area contributed by atoms with E-state index in [1.165, 1.54) is 0 Å². The van der Waals surface area contributed by atoms with E-state index in [0.717, 1.165) is 16.9 Å². The first kappa shape index (κ1) is 11.6. The Bertz CT molecular complexity index is 578. The van der Waals surface area contributed by atoms with E-state index in [4.69, 9.17) is 10.00 Å². The first-order valence-corrected chi connectivity index (χ1v) is 5.59. The second-order valence-corrected chi connectivity index (χ2v) is 4.26. The lowest BCUT2D eigenvalue weighted by Gasteiger charge is -2.06. The Morgan fingerprint density at radius 2 is 2.24 bits per heavy atom. The Labute approximate surface area is 100 Å². The summed E-state index contributed by atoms with van der Waals surface area (Å²) < 4.78 is 7.55. The highest BCUT2D eigenvalue weighted by atomic mass is 16.5. The zero-order valence-corrected chi connectivity index (χ0v) is 10.3. The number of imidazole rings is 1. The third-order valence-corrected chi connectivity index (χ3v) is 2.65. The molecule has 1 aromatic carbocycles. The number of aryl methyl sites for hydroxylation is 1. The molecule has 1 heterocycles. The van der Waals surface area contributed by atoms with Crippen molar-refractivity contribution in [1.29, 1.82) is 5.26 Å². The Kier molecular flexibility index (Phi) is 3.12. The average Bonchev–Trinajstić information content (AvgIpc) is 2.63. The van der Waals surface area contributed by atoms with Crippen LogP contribution in [0, 0.1) is 11.3 Å². The molecule has 0 unspecified atom stereocenters. The standard InChI is InChI=1S/C13H15N3O/c1-9(2)17-8-13-15-11-6-10(7-14)4-5-12(11)16(13)3/h4-6,9H,8H2,1-3H3. The molecule has 0 saturated heterocycles. The number of hydrogen-bond donors (Lipinski definition) is 0. The monoisotopic (exact) mass is 229 g/mol. The highest BCUT2D eigenvalue weighted by molar-refractivity contribution is 5.77. The summed E-state index contributed by atoms with van der Waals surface area (Å²) in [5.74, 6) is 0.879. The molecule has 0 aliphatic rings. The minimum atomic E-state index is 0.185. The van der Waals surface area contributed by atoms with Gasteiger partial charge in [-0.1, -0.05) is 0 Å². The smallest absolute Gasteiger partial charge is 0.135 e. The van der Waals surface area contributed by atoms with E-state index in [2.05, 4.69) is 11.1 Å². The normalized spacial score (nSPS) is 11.0. The third-order valence-electron chi connectivity index (χ3n) is 2.65. The van der Waals surface area contributed by atoms with Crippen molar-refractivity contribution >= 4 is 11.0 Å². The number of benzene rings is 1. The highest BCUT2D eigenvalue weighted by Crippen LogP contribution is 2.17. The number of nitriles is 1. The molecule has 0 bridgehead atoms. The molecule has 4 nitrogen and oxygen atoms in total. The molecule has 2 aromatic rings. The van der Waals surface area contributed by atoms with Gasteiger partial charge >= 0.3 is 0 Å². The molecule has 0 atom stereocenters. The summed E-state index contributed by atoms with van der Waals surface area (Å²) in [7, 11) is 1.96. The van der Waals surface area contributed by atoms with Gasteiger partial charge in [0.2, 0.25) is 0 Å². The van der Waals surface area contributed by atoms with Gasteiger partial charge in [0.15, 0.2) is 0 Å². The van der Waals surface area contributed by atoms with Crippen LogP contribution in [0.2, 0.25) is 0 Å². The molecule has 0 fully saturated rings. The Balaban J connectivity index is 2.39. The topological polar surface area (TPSA) is 50.8 Å². The van der Waals surface area contributed by atoms with E-state index < -0.39 is 0 Å². The summed E-state index contributed by atoms with van der Waals surface area (Å²) in [6.07, 6.45) is 0.185. The molecular weight excluding hydrogens is 214 g/mol. The number of ether oxygens (including phenoxy) is 1. The van der Waals surface area contributed by atoms with Gasteiger partial charge < -0.3 is 9.30 Å². The van der Waals surface area contributed by atoms with Crippen molar-refractivity contribution in [1.82, 2.24) is 9.55 Å². The van der Waals surface area contributed by atoms with Crippen LogP contribution in [0.4, 0.5) is 0 Å². The minimum Gasteiger partial charge on any atom is -0.371 e. The Hall–Kier alpha value is -1.86. The van der Waals surface area contributed by atoms with E-state index in [1.807, 2.05) is 31.5 Å². The van der Waals surface area contributed by atoms with Crippen LogP contribution in [0.15, 0.2) is 18.2 Å². The van der Waals surface area contributed by atoms with Crippen LogP contribution in [-0.4, -0.2) is 15.7 Å². The van der Waals surface area contributed by atoms with E-state index in [-0.39, 0.29) is 6.10 Å². The molecule has 0 N–H and O–H groups in total. The summed E-state index contributed by atoms with van der Waals surface area (Å²) in [5.41, 5.74) is 2.49. The first-order valence-electron chi connectivity index (χ1n) is 5.59. The third kappa shape index (κ3) is 2.29. The quantitative estimate of drug-likeness (QED) is 0.811. The predicted molar refractivity (Wildman–Crippen MR) is 65.4 cm³/mol. The van der Waals surface area contributed by atoms with Crippen molar-refractivity contribution in [2.24, 2.45) is 7.05 Å². The highest BCUT2D eigenvalue weighted by Gasteiger charge is 2.08. The van der Waals surface area contributed by atoms with E-state index in [1.54, 1.807) is 12.1 Å². The van der Waals surface area contributed by atoms with Crippen molar-refractivity contribution in [2.75, 3.05) is 0 Å². The van der Waals surface area contributed by atoms with Gasteiger partial charge in [-0.15, -0.1) is 0 Å². The van der Waals surface area contributed by atoms with Crippen molar-refractivity contribution in [3.05, 3.63) is 29.6 Å². The van der Waals surface area contributed by atoms with Crippen LogP contribution in [0.1, 0.15) is 25.2 Å². The molecule has 0 saturated carbocycles. The molecule has 2 rings (SSSR count). The number of rotatable bonds is 3. The zero-order chi connectivity index (χ0) is 12.4. The fourth-order valence-electron chi connectivity index (χ4n) is 1.69. The number of aromatic nitrogens is 2. The van der Waals surface area contributed by atoms with Gasteiger partial charge in [-0.3, -0.25) is 0 Å². The number of hydrogen-bond acceptors (Lipinski definition) is 3. The summed E-state index contributed by atoms with van der Waals surface area (Å²) in [6.45, 7) is 4.48. The van der Waals surface area contributed by atoms with Crippen molar-refractivity contribution in [2.45, 2.75) is 26.6 Å². The van der Waals surface area contributed by atoms with Gasteiger partial charge in [0.05, 0.1) is 28.8 Å². The fourth-order valence-corrected chi connectivity index (χ4v) is 1.69. The second-order valence-electron chi connectivity index (χ2n) is 4.26. The fraction of sp³-hybridized carbons (Fsp3) is 0.385. The van der Waals surface area contributed by atoms with Gasteiger partial charge in [-0.25, -0.2) is 4.98 Å². The van der Waals surface area contributed by atoms with Crippen LogP contribution in [0.3, 0.4) is 0 Å². The predicted octanol–water partition coefficient (Wildman–Crippen LogP) is 2.37. The maximum atomic E-state index is 8.84. The lowest BCUT2D eigenvalue weighted by molar-refractivity contribution is 0.0602. The molecule has 88 valence electrons. The SMILES string of the molecule is CC(C)OCc1nc2cc(C#N)ccc2n1C.